The Hall–Kier alpha value is -2.47. The van der Waals surface area contributed by atoms with Gasteiger partial charge in [0.2, 0.25) is 17.6 Å². The Bertz CT molecular complexity index is 909. The third kappa shape index (κ3) is 4.27. The van der Waals surface area contributed by atoms with E-state index < -0.39 is 0 Å². The van der Waals surface area contributed by atoms with E-state index in [0.29, 0.717) is 24.7 Å². The lowest BCUT2D eigenvalue weighted by Gasteiger charge is -2.15. The molecular weight excluding hydrogens is 406 g/mol. The van der Waals surface area contributed by atoms with Crippen molar-refractivity contribution >= 4 is 21.8 Å². The van der Waals surface area contributed by atoms with Gasteiger partial charge < -0.3 is 9.42 Å². The predicted octanol–water partition coefficient (Wildman–Crippen LogP) is 4.45. The van der Waals surface area contributed by atoms with Crippen molar-refractivity contribution in [3.8, 4) is 11.4 Å². The van der Waals surface area contributed by atoms with Gasteiger partial charge in [0.25, 0.3) is 0 Å². The lowest BCUT2D eigenvalue weighted by molar-refractivity contribution is -0.127. The van der Waals surface area contributed by atoms with Crippen LogP contribution in [0.3, 0.4) is 0 Å². The largest absolute Gasteiger partial charge is 0.342 e. The summed E-state index contributed by atoms with van der Waals surface area (Å²) in [7, 11) is 0. The fraction of sp³-hybridized carbons (Fsp3) is 0.286. The number of benzene rings is 2. The molecule has 1 aromatic heterocycles. The number of carbonyl (C=O) groups is 1. The van der Waals surface area contributed by atoms with Gasteiger partial charge in [0.05, 0.1) is 5.92 Å². The molecule has 27 heavy (non-hydrogen) atoms. The predicted molar refractivity (Wildman–Crippen MR) is 106 cm³/mol. The number of amides is 1. The fourth-order valence-corrected chi connectivity index (χ4v) is 3.65. The third-order valence-corrected chi connectivity index (χ3v) is 5.37. The van der Waals surface area contributed by atoms with Gasteiger partial charge in [0, 0.05) is 29.5 Å². The maximum absolute atomic E-state index is 12.3. The minimum absolute atomic E-state index is 0.0223. The van der Waals surface area contributed by atoms with Crippen LogP contribution in [0.4, 0.5) is 0 Å². The molecule has 1 fully saturated rings. The standard InChI is InChI=1S/C21H20BrN3O2/c22-18-10-8-16(9-11-18)20-23-21(27-24-20)17-13-19(26)25(14-17)12-4-7-15-5-2-1-3-6-15/h1-3,5-6,8-11,17H,4,7,12-14H2. The number of halogens is 1. The first kappa shape index (κ1) is 17.9. The average Bonchev–Trinajstić information content (AvgIpc) is 3.31. The van der Waals surface area contributed by atoms with Gasteiger partial charge in [-0.25, -0.2) is 0 Å². The van der Waals surface area contributed by atoms with Crippen LogP contribution < -0.4 is 0 Å². The van der Waals surface area contributed by atoms with Gasteiger partial charge in [-0.3, -0.25) is 4.79 Å². The highest BCUT2D eigenvalue weighted by Gasteiger charge is 2.34. The molecular formula is C21H20BrN3O2. The van der Waals surface area contributed by atoms with E-state index in [1.54, 1.807) is 0 Å². The van der Waals surface area contributed by atoms with Crippen molar-refractivity contribution in [2.24, 2.45) is 0 Å². The zero-order valence-electron chi connectivity index (χ0n) is 14.8. The molecule has 1 unspecified atom stereocenters. The number of hydrogen-bond donors (Lipinski definition) is 0. The Morgan fingerprint density at radius 2 is 1.89 bits per heavy atom. The number of nitrogens with zero attached hydrogens (tertiary/aromatic N) is 3. The van der Waals surface area contributed by atoms with Crippen LogP contribution in [0.15, 0.2) is 63.6 Å². The van der Waals surface area contributed by atoms with Crippen molar-refractivity contribution in [2.45, 2.75) is 25.2 Å². The first-order chi connectivity index (χ1) is 13.2. The second-order valence-electron chi connectivity index (χ2n) is 6.79. The fourth-order valence-electron chi connectivity index (χ4n) is 3.39. The van der Waals surface area contributed by atoms with E-state index in [-0.39, 0.29) is 11.8 Å². The zero-order valence-corrected chi connectivity index (χ0v) is 16.4. The Morgan fingerprint density at radius 1 is 1.11 bits per heavy atom. The first-order valence-corrected chi connectivity index (χ1v) is 9.89. The number of hydrogen-bond acceptors (Lipinski definition) is 4. The molecule has 1 aliphatic rings. The van der Waals surface area contributed by atoms with E-state index in [4.69, 9.17) is 4.52 Å². The molecule has 0 radical (unpaired) electrons. The van der Waals surface area contributed by atoms with Crippen LogP contribution in [0.25, 0.3) is 11.4 Å². The summed E-state index contributed by atoms with van der Waals surface area (Å²) in [6.45, 7) is 1.41. The molecule has 1 amide bonds. The van der Waals surface area contributed by atoms with Gasteiger partial charge in [-0.05, 0) is 42.7 Å². The smallest absolute Gasteiger partial charge is 0.232 e. The van der Waals surface area contributed by atoms with Gasteiger partial charge in [-0.2, -0.15) is 4.98 Å². The normalized spacial score (nSPS) is 16.9. The van der Waals surface area contributed by atoms with E-state index in [2.05, 4.69) is 38.2 Å². The lowest BCUT2D eigenvalue weighted by Crippen LogP contribution is -2.26. The van der Waals surface area contributed by atoms with Crippen molar-refractivity contribution in [2.75, 3.05) is 13.1 Å². The number of likely N-dealkylation sites (tertiary alicyclic amines) is 1. The second kappa shape index (κ2) is 8.05. The van der Waals surface area contributed by atoms with Gasteiger partial charge in [-0.15, -0.1) is 0 Å². The molecule has 4 rings (SSSR count). The van der Waals surface area contributed by atoms with Crippen LogP contribution in [0, 0.1) is 0 Å². The summed E-state index contributed by atoms with van der Waals surface area (Å²) in [5.74, 6) is 1.25. The summed E-state index contributed by atoms with van der Waals surface area (Å²) in [6, 6.07) is 18.1. The van der Waals surface area contributed by atoms with Crippen molar-refractivity contribution < 1.29 is 9.32 Å². The Balaban J connectivity index is 1.35. The summed E-state index contributed by atoms with van der Waals surface area (Å²) in [5.41, 5.74) is 2.20. The lowest BCUT2D eigenvalue weighted by atomic mass is 10.1. The molecule has 3 aromatic rings. The highest BCUT2D eigenvalue weighted by atomic mass is 79.9. The minimum atomic E-state index is -0.0223. The van der Waals surface area contributed by atoms with Crippen molar-refractivity contribution in [1.29, 1.82) is 0 Å². The topological polar surface area (TPSA) is 59.2 Å². The molecule has 1 saturated heterocycles. The molecule has 0 bridgehead atoms. The molecule has 138 valence electrons. The van der Waals surface area contributed by atoms with Crippen LogP contribution in [0.5, 0.6) is 0 Å². The minimum Gasteiger partial charge on any atom is -0.342 e. The van der Waals surface area contributed by atoms with Crippen LogP contribution in [-0.4, -0.2) is 34.0 Å². The van der Waals surface area contributed by atoms with E-state index >= 15 is 0 Å². The molecule has 0 spiro atoms. The van der Waals surface area contributed by atoms with Gasteiger partial charge >= 0.3 is 0 Å². The summed E-state index contributed by atoms with van der Waals surface area (Å²) in [4.78, 5) is 18.8. The van der Waals surface area contributed by atoms with Crippen LogP contribution in [0.2, 0.25) is 0 Å². The molecule has 1 aliphatic heterocycles. The van der Waals surface area contributed by atoms with Crippen LogP contribution in [0.1, 0.15) is 30.2 Å². The zero-order chi connectivity index (χ0) is 18.6. The summed E-state index contributed by atoms with van der Waals surface area (Å²) < 4.78 is 6.45. The Morgan fingerprint density at radius 3 is 2.67 bits per heavy atom. The summed E-state index contributed by atoms with van der Waals surface area (Å²) >= 11 is 3.42. The van der Waals surface area contributed by atoms with Crippen molar-refractivity contribution in [1.82, 2.24) is 15.0 Å². The highest BCUT2D eigenvalue weighted by Crippen LogP contribution is 2.29. The molecule has 5 nitrogen and oxygen atoms in total. The van der Waals surface area contributed by atoms with E-state index in [9.17, 15) is 4.79 Å². The first-order valence-electron chi connectivity index (χ1n) is 9.10. The molecule has 2 heterocycles. The van der Waals surface area contributed by atoms with Crippen molar-refractivity contribution in [3.05, 3.63) is 70.5 Å². The van der Waals surface area contributed by atoms with Gasteiger partial charge in [-0.1, -0.05) is 51.4 Å². The van der Waals surface area contributed by atoms with Gasteiger partial charge in [0.1, 0.15) is 0 Å². The van der Waals surface area contributed by atoms with E-state index in [1.807, 2.05) is 47.4 Å². The molecule has 0 aliphatic carbocycles. The number of carbonyl (C=O) groups excluding carboxylic acids is 1. The molecule has 0 N–H and O–H groups in total. The maximum atomic E-state index is 12.3. The van der Waals surface area contributed by atoms with E-state index in [0.717, 1.165) is 29.4 Å². The summed E-state index contributed by atoms with van der Waals surface area (Å²) in [5, 5.41) is 4.08. The quantitative estimate of drug-likeness (QED) is 0.585. The number of rotatable bonds is 6. The third-order valence-electron chi connectivity index (χ3n) is 4.84. The maximum Gasteiger partial charge on any atom is 0.232 e. The average molecular weight is 426 g/mol. The van der Waals surface area contributed by atoms with Crippen molar-refractivity contribution in [3.63, 3.8) is 0 Å². The second-order valence-corrected chi connectivity index (χ2v) is 7.71. The number of aromatic nitrogens is 2. The van der Waals surface area contributed by atoms with E-state index in [1.165, 1.54) is 5.56 Å². The van der Waals surface area contributed by atoms with Gasteiger partial charge in [0.15, 0.2) is 0 Å². The monoisotopic (exact) mass is 425 g/mol. The molecule has 2 aromatic carbocycles. The Labute approximate surface area is 166 Å². The molecule has 1 atom stereocenters. The van der Waals surface area contributed by atoms with Crippen LogP contribution in [-0.2, 0) is 11.2 Å². The molecule has 6 heteroatoms. The van der Waals surface area contributed by atoms with Crippen LogP contribution >= 0.6 is 15.9 Å². The highest BCUT2D eigenvalue weighted by molar-refractivity contribution is 9.10. The summed E-state index contributed by atoms with van der Waals surface area (Å²) in [6.07, 6.45) is 2.37. The molecule has 0 saturated carbocycles. The number of aryl methyl sites for hydroxylation is 1. The Kier molecular flexibility index (Phi) is 5.34. The SMILES string of the molecule is O=C1CC(c2nc(-c3ccc(Br)cc3)no2)CN1CCCc1ccccc1.